The summed E-state index contributed by atoms with van der Waals surface area (Å²) in [5.74, 6) is 0. The Kier molecular flexibility index (Phi) is 4.81. The molecule has 0 amide bonds. The minimum Gasteiger partial charge on any atom is -0.345 e. The SMILES string of the molecule is CC(C)NCc1csc(N2CC(C)N(C)C(C)C2)n1. The summed E-state index contributed by atoms with van der Waals surface area (Å²) >= 11 is 1.77. The van der Waals surface area contributed by atoms with E-state index in [1.54, 1.807) is 11.3 Å². The van der Waals surface area contributed by atoms with Crippen LogP contribution in [0.5, 0.6) is 0 Å². The lowest BCUT2D eigenvalue weighted by atomic mass is 10.1. The third kappa shape index (κ3) is 3.68. The second kappa shape index (κ2) is 6.20. The van der Waals surface area contributed by atoms with E-state index in [0.29, 0.717) is 18.1 Å². The molecule has 1 N–H and O–H groups in total. The molecule has 0 saturated carbocycles. The van der Waals surface area contributed by atoms with E-state index in [2.05, 4.69) is 55.2 Å². The maximum atomic E-state index is 4.76. The lowest BCUT2D eigenvalue weighted by molar-refractivity contribution is 0.170. The van der Waals surface area contributed by atoms with Crippen molar-refractivity contribution in [2.75, 3.05) is 25.0 Å². The Bertz CT molecular complexity index is 392. The summed E-state index contributed by atoms with van der Waals surface area (Å²) in [4.78, 5) is 9.64. The second-order valence-corrected chi connectivity index (χ2v) is 6.76. The summed E-state index contributed by atoms with van der Waals surface area (Å²) in [5.41, 5.74) is 1.16. The summed E-state index contributed by atoms with van der Waals surface area (Å²) in [6.07, 6.45) is 0. The van der Waals surface area contributed by atoms with Crippen molar-refractivity contribution in [3.05, 3.63) is 11.1 Å². The molecule has 2 rings (SSSR count). The number of aromatic nitrogens is 1. The predicted octanol–water partition coefficient (Wildman–Crippen LogP) is 2.17. The van der Waals surface area contributed by atoms with Crippen LogP contribution >= 0.6 is 11.3 Å². The average Bonchev–Trinajstić information content (AvgIpc) is 2.81. The van der Waals surface area contributed by atoms with Crippen LogP contribution in [0.4, 0.5) is 5.13 Å². The molecule has 1 fully saturated rings. The Hall–Kier alpha value is -0.650. The first-order valence-electron chi connectivity index (χ1n) is 7.12. The van der Waals surface area contributed by atoms with Crippen molar-refractivity contribution >= 4 is 16.5 Å². The zero-order valence-electron chi connectivity index (χ0n) is 12.7. The first-order valence-corrected chi connectivity index (χ1v) is 8.00. The molecule has 1 aliphatic heterocycles. The van der Waals surface area contributed by atoms with E-state index in [0.717, 1.165) is 25.3 Å². The first kappa shape index (κ1) is 14.8. The molecule has 0 spiro atoms. The predicted molar refractivity (Wildman–Crippen MR) is 83.0 cm³/mol. The highest BCUT2D eigenvalue weighted by atomic mass is 32.1. The number of nitrogens with one attached hydrogen (secondary N) is 1. The summed E-state index contributed by atoms with van der Waals surface area (Å²) in [5, 5.41) is 6.77. The number of nitrogens with zero attached hydrogens (tertiary/aromatic N) is 3. The number of hydrogen-bond donors (Lipinski definition) is 1. The van der Waals surface area contributed by atoms with E-state index in [-0.39, 0.29) is 0 Å². The lowest BCUT2D eigenvalue weighted by Gasteiger charge is -2.42. The Morgan fingerprint density at radius 1 is 1.37 bits per heavy atom. The van der Waals surface area contributed by atoms with Gasteiger partial charge in [-0.05, 0) is 20.9 Å². The first-order chi connectivity index (χ1) is 8.97. The van der Waals surface area contributed by atoms with Crippen LogP contribution in [0.25, 0.3) is 0 Å². The van der Waals surface area contributed by atoms with Gasteiger partial charge in [-0.15, -0.1) is 11.3 Å². The standard InChI is InChI=1S/C14H26N4S/c1-10(2)15-6-13-9-19-14(16-13)18-7-11(3)17(5)12(4)8-18/h9-12,15H,6-8H2,1-5H3. The highest BCUT2D eigenvalue weighted by Gasteiger charge is 2.27. The third-order valence-corrected chi connectivity index (χ3v) is 4.81. The topological polar surface area (TPSA) is 31.4 Å². The van der Waals surface area contributed by atoms with Gasteiger partial charge in [-0.25, -0.2) is 4.98 Å². The molecular formula is C14H26N4S. The quantitative estimate of drug-likeness (QED) is 0.917. The van der Waals surface area contributed by atoms with E-state index in [9.17, 15) is 0 Å². The molecule has 2 unspecified atom stereocenters. The Morgan fingerprint density at radius 2 is 2.00 bits per heavy atom. The largest absolute Gasteiger partial charge is 0.345 e. The van der Waals surface area contributed by atoms with Crippen LogP contribution in [0.2, 0.25) is 0 Å². The van der Waals surface area contributed by atoms with Crippen LogP contribution in [-0.4, -0.2) is 48.1 Å². The molecule has 0 aliphatic carbocycles. The fourth-order valence-corrected chi connectivity index (χ4v) is 3.24. The highest BCUT2D eigenvalue weighted by molar-refractivity contribution is 7.13. The van der Waals surface area contributed by atoms with Gasteiger partial charge in [0.05, 0.1) is 5.69 Å². The van der Waals surface area contributed by atoms with Gasteiger partial charge in [0.25, 0.3) is 0 Å². The van der Waals surface area contributed by atoms with Gasteiger partial charge in [-0.3, -0.25) is 4.90 Å². The molecule has 0 aromatic carbocycles. The highest BCUT2D eigenvalue weighted by Crippen LogP contribution is 2.25. The molecule has 1 aliphatic rings. The molecule has 2 atom stereocenters. The molecule has 5 heteroatoms. The van der Waals surface area contributed by atoms with Crippen molar-refractivity contribution in [2.24, 2.45) is 0 Å². The number of anilines is 1. The molecule has 0 radical (unpaired) electrons. The Labute approximate surface area is 120 Å². The minimum atomic E-state index is 0.508. The molecule has 108 valence electrons. The van der Waals surface area contributed by atoms with Crippen LogP contribution in [0.1, 0.15) is 33.4 Å². The summed E-state index contributed by atoms with van der Waals surface area (Å²) in [6, 6.07) is 1.68. The van der Waals surface area contributed by atoms with Gasteiger partial charge in [0, 0.05) is 43.1 Å². The molecule has 4 nitrogen and oxygen atoms in total. The van der Waals surface area contributed by atoms with Gasteiger partial charge in [0.1, 0.15) is 0 Å². The van der Waals surface area contributed by atoms with Crippen molar-refractivity contribution in [3.8, 4) is 0 Å². The lowest BCUT2D eigenvalue weighted by Crippen LogP contribution is -2.55. The number of piperazine rings is 1. The van der Waals surface area contributed by atoms with Gasteiger partial charge in [0.2, 0.25) is 0 Å². The molecule has 1 aromatic rings. The van der Waals surface area contributed by atoms with Crippen LogP contribution in [0, 0.1) is 0 Å². The van der Waals surface area contributed by atoms with E-state index < -0.39 is 0 Å². The fraction of sp³-hybridized carbons (Fsp3) is 0.786. The molecule has 1 saturated heterocycles. The van der Waals surface area contributed by atoms with Crippen molar-refractivity contribution < 1.29 is 0 Å². The molecular weight excluding hydrogens is 256 g/mol. The van der Waals surface area contributed by atoms with Gasteiger partial charge >= 0.3 is 0 Å². The van der Waals surface area contributed by atoms with E-state index in [1.807, 2.05) is 0 Å². The second-order valence-electron chi connectivity index (χ2n) is 5.93. The maximum absolute atomic E-state index is 4.76. The van der Waals surface area contributed by atoms with Crippen LogP contribution in [0.3, 0.4) is 0 Å². The van der Waals surface area contributed by atoms with E-state index in [4.69, 9.17) is 4.98 Å². The van der Waals surface area contributed by atoms with Gasteiger partial charge in [0.15, 0.2) is 5.13 Å². The third-order valence-electron chi connectivity index (χ3n) is 3.86. The minimum absolute atomic E-state index is 0.508. The summed E-state index contributed by atoms with van der Waals surface area (Å²) < 4.78 is 0. The Balaban J connectivity index is 1.98. The van der Waals surface area contributed by atoms with Crippen molar-refractivity contribution in [2.45, 2.75) is 52.4 Å². The monoisotopic (exact) mass is 282 g/mol. The van der Waals surface area contributed by atoms with Crippen molar-refractivity contribution in [1.29, 1.82) is 0 Å². The van der Waals surface area contributed by atoms with E-state index >= 15 is 0 Å². The summed E-state index contributed by atoms with van der Waals surface area (Å²) in [7, 11) is 2.21. The van der Waals surface area contributed by atoms with Crippen LogP contribution in [-0.2, 0) is 6.54 Å². The molecule has 0 bridgehead atoms. The average molecular weight is 282 g/mol. The Morgan fingerprint density at radius 3 is 2.58 bits per heavy atom. The zero-order chi connectivity index (χ0) is 14.0. The van der Waals surface area contributed by atoms with Gasteiger partial charge in [-0.1, -0.05) is 13.8 Å². The fourth-order valence-electron chi connectivity index (χ4n) is 2.39. The summed E-state index contributed by atoms with van der Waals surface area (Å²) in [6.45, 7) is 11.9. The maximum Gasteiger partial charge on any atom is 0.185 e. The van der Waals surface area contributed by atoms with Gasteiger partial charge < -0.3 is 10.2 Å². The van der Waals surface area contributed by atoms with Crippen molar-refractivity contribution in [3.63, 3.8) is 0 Å². The molecule has 19 heavy (non-hydrogen) atoms. The normalized spacial score (nSPS) is 25.3. The van der Waals surface area contributed by atoms with Crippen LogP contribution in [0.15, 0.2) is 5.38 Å². The number of rotatable bonds is 4. The molecule has 1 aromatic heterocycles. The van der Waals surface area contributed by atoms with Crippen LogP contribution < -0.4 is 10.2 Å². The smallest absolute Gasteiger partial charge is 0.185 e. The van der Waals surface area contributed by atoms with E-state index in [1.165, 1.54) is 5.13 Å². The number of hydrogen-bond acceptors (Lipinski definition) is 5. The van der Waals surface area contributed by atoms with Crippen molar-refractivity contribution in [1.82, 2.24) is 15.2 Å². The zero-order valence-corrected chi connectivity index (χ0v) is 13.5. The number of thiazole rings is 1. The number of likely N-dealkylation sites (N-methyl/N-ethyl adjacent to an activating group) is 1. The molecule has 2 heterocycles. The van der Waals surface area contributed by atoms with Gasteiger partial charge in [-0.2, -0.15) is 0 Å².